The van der Waals surface area contributed by atoms with Gasteiger partial charge in [0.1, 0.15) is 0 Å². The van der Waals surface area contributed by atoms with Crippen LogP contribution in [0.4, 0.5) is 0 Å². The molecular formula is C14H15ClN2. The smallest absolute Gasteiger partial charge is 0.0802 e. The van der Waals surface area contributed by atoms with Crippen molar-refractivity contribution in [2.75, 3.05) is 0 Å². The lowest BCUT2D eigenvalue weighted by Gasteiger charge is -2.16. The largest absolute Gasteiger partial charge is 0.319 e. The van der Waals surface area contributed by atoms with Crippen molar-refractivity contribution in [1.29, 1.82) is 0 Å². The van der Waals surface area contributed by atoms with Crippen LogP contribution in [0.25, 0.3) is 0 Å². The maximum absolute atomic E-state index is 6.24. The lowest BCUT2D eigenvalue weighted by Crippen LogP contribution is -2.15. The summed E-state index contributed by atoms with van der Waals surface area (Å²) in [5.41, 5.74) is 10.5. The average Bonchev–Trinajstić information content (AvgIpc) is 2.32. The van der Waals surface area contributed by atoms with Gasteiger partial charge in [0.15, 0.2) is 0 Å². The van der Waals surface area contributed by atoms with Crippen LogP contribution in [0.15, 0.2) is 36.5 Å². The van der Waals surface area contributed by atoms with Gasteiger partial charge in [0.25, 0.3) is 0 Å². The minimum absolute atomic E-state index is 0.274. The molecule has 2 rings (SSSR count). The molecule has 0 aliphatic rings. The van der Waals surface area contributed by atoms with Gasteiger partial charge in [-0.25, -0.2) is 0 Å². The van der Waals surface area contributed by atoms with Gasteiger partial charge in [0, 0.05) is 6.20 Å². The van der Waals surface area contributed by atoms with E-state index >= 15 is 0 Å². The lowest BCUT2D eigenvalue weighted by atomic mass is 9.96. The second-order valence-electron chi connectivity index (χ2n) is 4.14. The molecule has 1 aromatic heterocycles. The molecule has 0 fully saturated rings. The molecular weight excluding hydrogens is 232 g/mol. The lowest BCUT2D eigenvalue weighted by molar-refractivity contribution is 0.819. The number of benzene rings is 1. The molecule has 2 nitrogen and oxygen atoms in total. The summed E-state index contributed by atoms with van der Waals surface area (Å²) < 4.78 is 0. The van der Waals surface area contributed by atoms with Crippen LogP contribution in [0.5, 0.6) is 0 Å². The van der Waals surface area contributed by atoms with Crippen LogP contribution in [0.2, 0.25) is 5.02 Å². The van der Waals surface area contributed by atoms with Crippen molar-refractivity contribution in [3.63, 3.8) is 0 Å². The van der Waals surface area contributed by atoms with Crippen LogP contribution in [-0.4, -0.2) is 4.98 Å². The number of nitrogens with zero attached hydrogens (tertiary/aromatic N) is 1. The van der Waals surface area contributed by atoms with Crippen molar-refractivity contribution in [3.8, 4) is 0 Å². The zero-order chi connectivity index (χ0) is 12.4. The molecule has 2 aromatic rings. The normalized spacial score (nSPS) is 12.5. The molecule has 0 bridgehead atoms. The molecule has 0 aliphatic heterocycles. The van der Waals surface area contributed by atoms with E-state index in [1.807, 2.05) is 24.3 Å². The second kappa shape index (κ2) is 4.86. The van der Waals surface area contributed by atoms with E-state index in [1.54, 1.807) is 6.20 Å². The molecule has 3 heteroatoms. The molecule has 2 N–H and O–H groups in total. The molecule has 0 radical (unpaired) electrons. The standard InChI is InChI=1S/C14H15ClN2/c1-9-5-3-6-11(10(9)2)13(16)14-12(15)7-4-8-17-14/h3-8,13H,16H2,1-2H3. The summed E-state index contributed by atoms with van der Waals surface area (Å²) in [5.74, 6) is 0. The molecule has 0 aliphatic carbocycles. The SMILES string of the molecule is Cc1cccc(C(N)c2ncccc2Cl)c1C. The van der Waals surface area contributed by atoms with E-state index in [1.165, 1.54) is 11.1 Å². The van der Waals surface area contributed by atoms with Gasteiger partial charge in [-0.3, -0.25) is 4.98 Å². The third-order valence-electron chi connectivity index (χ3n) is 3.06. The average molecular weight is 247 g/mol. The molecule has 1 atom stereocenters. The maximum atomic E-state index is 6.24. The first-order chi connectivity index (χ1) is 8.11. The predicted molar refractivity (Wildman–Crippen MR) is 71.2 cm³/mol. The number of halogens is 1. The Labute approximate surface area is 106 Å². The molecule has 0 spiro atoms. The van der Waals surface area contributed by atoms with Crippen LogP contribution < -0.4 is 5.73 Å². The van der Waals surface area contributed by atoms with E-state index in [4.69, 9.17) is 17.3 Å². The van der Waals surface area contributed by atoms with Crippen molar-refractivity contribution in [2.24, 2.45) is 5.73 Å². The first-order valence-electron chi connectivity index (χ1n) is 5.53. The summed E-state index contributed by atoms with van der Waals surface area (Å²) in [4.78, 5) is 4.27. The monoisotopic (exact) mass is 246 g/mol. The summed E-state index contributed by atoms with van der Waals surface area (Å²) in [6, 6.07) is 9.46. The van der Waals surface area contributed by atoms with Gasteiger partial charge < -0.3 is 5.73 Å². The van der Waals surface area contributed by atoms with E-state index in [9.17, 15) is 0 Å². The van der Waals surface area contributed by atoms with E-state index in [0.29, 0.717) is 5.02 Å². The van der Waals surface area contributed by atoms with Crippen molar-refractivity contribution < 1.29 is 0 Å². The zero-order valence-corrected chi connectivity index (χ0v) is 10.7. The number of pyridine rings is 1. The summed E-state index contributed by atoms with van der Waals surface area (Å²) in [6.45, 7) is 4.15. The number of aryl methyl sites for hydroxylation is 1. The number of rotatable bonds is 2. The summed E-state index contributed by atoms with van der Waals surface area (Å²) in [6.07, 6.45) is 1.71. The Balaban J connectivity index is 2.48. The highest BCUT2D eigenvalue weighted by molar-refractivity contribution is 6.31. The van der Waals surface area contributed by atoms with Crippen LogP contribution >= 0.6 is 11.6 Å². The van der Waals surface area contributed by atoms with Crippen molar-refractivity contribution in [1.82, 2.24) is 4.98 Å². The van der Waals surface area contributed by atoms with Crippen molar-refractivity contribution in [3.05, 3.63) is 63.9 Å². The van der Waals surface area contributed by atoms with Gasteiger partial charge in [0.05, 0.1) is 16.8 Å². The van der Waals surface area contributed by atoms with Crippen LogP contribution in [0.3, 0.4) is 0 Å². The molecule has 1 unspecified atom stereocenters. The Kier molecular flexibility index (Phi) is 3.46. The van der Waals surface area contributed by atoms with E-state index in [0.717, 1.165) is 11.3 Å². The summed E-state index contributed by atoms with van der Waals surface area (Å²) >= 11 is 6.12. The van der Waals surface area contributed by atoms with E-state index < -0.39 is 0 Å². The number of nitrogens with two attached hydrogens (primary N) is 1. The Bertz CT molecular complexity index is 537. The van der Waals surface area contributed by atoms with Gasteiger partial charge in [-0.15, -0.1) is 0 Å². The topological polar surface area (TPSA) is 38.9 Å². The highest BCUT2D eigenvalue weighted by Gasteiger charge is 2.15. The molecule has 0 saturated carbocycles. The van der Waals surface area contributed by atoms with Crippen LogP contribution in [0.1, 0.15) is 28.4 Å². The Hall–Kier alpha value is -1.38. The van der Waals surface area contributed by atoms with Gasteiger partial charge in [-0.2, -0.15) is 0 Å². The number of aromatic nitrogens is 1. The van der Waals surface area contributed by atoms with E-state index in [-0.39, 0.29) is 6.04 Å². The van der Waals surface area contributed by atoms with Gasteiger partial charge in [0.2, 0.25) is 0 Å². The molecule has 1 heterocycles. The quantitative estimate of drug-likeness (QED) is 0.882. The van der Waals surface area contributed by atoms with Gasteiger partial charge in [-0.1, -0.05) is 29.8 Å². The molecule has 0 amide bonds. The molecule has 88 valence electrons. The molecule has 1 aromatic carbocycles. The summed E-state index contributed by atoms with van der Waals surface area (Å²) in [7, 11) is 0. The first kappa shape index (κ1) is 12.1. The maximum Gasteiger partial charge on any atom is 0.0802 e. The van der Waals surface area contributed by atoms with Gasteiger partial charge >= 0.3 is 0 Å². The Morgan fingerprint density at radius 3 is 2.65 bits per heavy atom. The van der Waals surface area contributed by atoms with Crippen molar-refractivity contribution in [2.45, 2.75) is 19.9 Å². The fourth-order valence-electron chi connectivity index (χ4n) is 1.88. The fourth-order valence-corrected chi connectivity index (χ4v) is 2.12. The second-order valence-corrected chi connectivity index (χ2v) is 4.54. The highest BCUT2D eigenvalue weighted by Crippen LogP contribution is 2.27. The highest BCUT2D eigenvalue weighted by atomic mass is 35.5. The first-order valence-corrected chi connectivity index (χ1v) is 5.91. The summed E-state index contributed by atoms with van der Waals surface area (Å²) in [5, 5.41) is 0.612. The third-order valence-corrected chi connectivity index (χ3v) is 3.38. The van der Waals surface area contributed by atoms with Gasteiger partial charge in [-0.05, 0) is 42.7 Å². The minimum atomic E-state index is -0.274. The zero-order valence-electron chi connectivity index (χ0n) is 9.94. The Morgan fingerprint density at radius 1 is 1.18 bits per heavy atom. The minimum Gasteiger partial charge on any atom is -0.319 e. The van der Waals surface area contributed by atoms with Crippen LogP contribution in [-0.2, 0) is 0 Å². The predicted octanol–water partition coefficient (Wildman–Crippen LogP) is 3.40. The Morgan fingerprint density at radius 2 is 1.94 bits per heavy atom. The fraction of sp³-hybridized carbons (Fsp3) is 0.214. The van der Waals surface area contributed by atoms with Crippen LogP contribution in [0, 0.1) is 13.8 Å². The third kappa shape index (κ3) is 2.33. The molecule has 0 saturated heterocycles. The number of hydrogen-bond donors (Lipinski definition) is 1. The number of hydrogen-bond acceptors (Lipinski definition) is 2. The van der Waals surface area contributed by atoms with E-state index in [2.05, 4.69) is 24.9 Å². The van der Waals surface area contributed by atoms with Crippen molar-refractivity contribution >= 4 is 11.6 Å². The molecule has 17 heavy (non-hydrogen) atoms.